The monoisotopic (exact) mass is 532 g/mol. The molecule has 0 amide bonds. The second-order valence-corrected chi connectivity index (χ2v) is 8.74. The maximum Gasteiger partial charge on any atom is 0.490 e. The number of aromatic nitrogens is 2. The van der Waals surface area contributed by atoms with Gasteiger partial charge in [0, 0.05) is 52.0 Å². The first-order valence-corrected chi connectivity index (χ1v) is 11.4. The van der Waals surface area contributed by atoms with Gasteiger partial charge in [0.1, 0.15) is 0 Å². The Morgan fingerprint density at radius 2 is 1.56 bits per heavy atom. The van der Waals surface area contributed by atoms with Gasteiger partial charge in [-0.15, -0.1) is 0 Å². The lowest BCUT2D eigenvalue weighted by molar-refractivity contribution is -0.193. The van der Waals surface area contributed by atoms with E-state index in [1.54, 1.807) is 0 Å². The number of halogens is 6. The first kappa shape index (κ1) is 29.8. The van der Waals surface area contributed by atoms with Gasteiger partial charge in [-0.3, -0.25) is 4.90 Å². The molecule has 0 spiro atoms. The molecule has 4 rings (SSSR count). The molecule has 3 heterocycles. The summed E-state index contributed by atoms with van der Waals surface area (Å²) in [6.07, 6.45) is -1.73. The molecule has 3 aliphatic rings. The van der Waals surface area contributed by atoms with Gasteiger partial charge in [0.05, 0.1) is 17.7 Å². The number of ether oxygens (including phenoxy) is 1. The summed E-state index contributed by atoms with van der Waals surface area (Å²) >= 11 is 0. The van der Waals surface area contributed by atoms with Gasteiger partial charge in [0.15, 0.2) is 0 Å². The molecule has 1 aromatic heterocycles. The molecule has 2 fully saturated rings. The van der Waals surface area contributed by atoms with E-state index in [2.05, 4.69) is 21.1 Å². The fourth-order valence-electron chi connectivity index (χ4n) is 3.69. The average molecular weight is 532 g/mol. The van der Waals surface area contributed by atoms with E-state index in [-0.39, 0.29) is 0 Å². The molecule has 1 aliphatic carbocycles. The van der Waals surface area contributed by atoms with E-state index in [1.807, 2.05) is 0 Å². The Bertz CT molecular complexity index is 827. The highest BCUT2D eigenvalue weighted by atomic mass is 19.4. The molecular weight excluding hydrogens is 502 g/mol. The number of alkyl halides is 6. The zero-order chi connectivity index (χ0) is 26.9. The minimum atomic E-state index is -5.08. The van der Waals surface area contributed by atoms with Crippen LogP contribution in [0.25, 0.3) is 0 Å². The van der Waals surface area contributed by atoms with E-state index in [0.29, 0.717) is 6.04 Å². The van der Waals surface area contributed by atoms with Crippen molar-refractivity contribution >= 4 is 11.9 Å². The highest BCUT2D eigenvalue weighted by Crippen LogP contribution is 2.31. The van der Waals surface area contributed by atoms with Crippen LogP contribution in [0.1, 0.15) is 43.5 Å². The van der Waals surface area contributed by atoms with Gasteiger partial charge >= 0.3 is 24.3 Å². The maximum atomic E-state index is 10.6. The maximum absolute atomic E-state index is 10.6. The normalized spacial score (nSPS) is 19.2. The lowest BCUT2D eigenvalue weighted by Crippen LogP contribution is -2.35. The van der Waals surface area contributed by atoms with E-state index < -0.39 is 24.3 Å². The number of fused-ring (bicyclic) bond motifs is 1. The summed E-state index contributed by atoms with van der Waals surface area (Å²) < 4.78 is 71.3. The third-order valence-corrected chi connectivity index (χ3v) is 5.76. The molecule has 15 heteroatoms. The molecule has 0 aromatic carbocycles. The van der Waals surface area contributed by atoms with E-state index in [1.165, 1.54) is 43.7 Å². The third kappa shape index (κ3) is 10.7. The van der Waals surface area contributed by atoms with Gasteiger partial charge in [0.25, 0.3) is 0 Å². The minimum Gasteiger partial charge on any atom is -0.475 e. The Balaban J connectivity index is 0.000000271. The number of hydrogen-bond donors (Lipinski definition) is 3. The number of nitrogens with zero attached hydrogens (tertiary/aromatic N) is 3. The van der Waals surface area contributed by atoms with Crippen LogP contribution in [-0.4, -0.2) is 81.3 Å². The smallest absolute Gasteiger partial charge is 0.475 e. The Kier molecular flexibility index (Phi) is 11.0. The summed E-state index contributed by atoms with van der Waals surface area (Å²) in [7, 11) is 0. The number of carboxylic acids is 2. The SMILES string of the molecule is O=C(O)C(F)(F)F.O=C(O)C(F)(F)F.c1nc(CNC2CCOCC2)c2n1CCCN(CC1CC1)C2. The van der Waals surface area contributed by atoms with Crippen molar-refractivity contribution < 1.29 is 50.9 Å². The van der Waals surface area contributed by atoms with Crippen molar-refractivity contribution in [1.82, 2.24) is 19.8 Å². The summed E-state index contributed by atoms with van der Waals surface area (Å²) in [5.41, 5.74) is 2.70. The van der Waals surface area contributed by atoms with Crippen molar-refractivity contribution in [1.29, 1.82) is 0 Å². The quantitative estimate of drug-likeness (QED) is 0.496. The molecule has 0 radical (unpaired) electrons. The van der Waals surface area contributed by atoms with Crippen LogP contribution in [0.4, 0.5) is 26.3 Å². The van der Waals surface area contributed by atoms with Gasteiger partial charge in [-0.25, -0.2) is 14.6 Å². The number of aliphatic carboxylic acids is 2. The second kappa shape index (κ2) is 13.2. The average Bonchev–Trinajstić information content (AvgIpc) is 3.56. The Hall–Kier alpha value is -2.39. The molecule has 206 valence electrons. The number of rotatable bonds is 5. The molecule has 0 unspecified atom stereocenters. The van der Waals surface area contributed by atoms with Crippen LogP contribution in [0, 0.1) is 5.92 Å². The summed E-state index contributed by atoms with van der Waals surface area (Å²) in [6.45, 7) is 7.44. The molecular formula is C21H30F6N4O5. The topological polar surface area (TPSA) is 117 Å². The first-order valence-electron chi connectivity index (χ1n) is 11.4. The minimum absolute atomic E-state index is 0.597. The van der Waals surface area contributed by atoms with Crippen molar-refractivity contribution in [3.8, 4) is 0 Å². The molecule has 1 saturated heterocycles. The van der Waals surface area contributed by atoms with Gasteiger partial charge < -0.3 is 24.8 Å². The van der Waals surface area contributed by atoms with Crippen LogP contribution in [-0.2, 0) is 34.0 Å². The number of imidazole rings is 1. The number of carboxylic acid groups (broad SMARTS) is 2. The van der Waals surface area contributed by atoms with Crippen LogP contribution in [0.3, 0.4) is 0 Å². The summed E-state index contributed by atoms with van der Waals surface area (Å²) in [5.74, 6) is -4.54. The number of hydrogen-bond acceptors (Lipinski definition) is 6. The van der Waals surface area contributed by atoms with E-state index in [0.717, 1.165) is 51.6 Å². The molecule has 2 aliphatic heterocycles. The van der Waals surface area contributed by atoms with Crippen LogP contribution in [0.2, 0.25) is 0 Å². The second-order valence-electron chi connectivity index (χ2n) is 8.74. The van der Waals surface area contributed by atoms with Crippen molar-refractivity contribution in [2.75, 3.05) is 26.3 Å². The lowest BCUT2D eigenvalue weighted by atomic mass is 10.1. The van der Waals surface area contributed by atoms with Crippen LogP contribution in [0.5, 0.6) is 0 Å². The van der Waals surface area contributed by atoms with Crippen molar-refractivity contribution in [2.24, 2.45) is 5.92 Å². The molecule has 36 heavy (non-hydrogen) atoms. The summed E-state index contributed by atoms with van der Waals surface area (Å²) in [6, 6.07) is 0.597. The fourth-order valence-corrected chi connectivity index (χ4v) is 3.69. The Labute approximate surface area is 203 Å². The number of nitrogens with one attached hydrogen (secondary N) is 1. The van der Waals surface area contributed by atoms with Gasteiger partial charge in [0.2, 0.25) is 0 Å². The third-order valence-electron chi connectivity index (χ3n) is 5.76. The molecule has 9 nitrogen and oxygen atoms in total. The van der Waals surface area contributed by atoms with Gasteiger partial charge in [-0.05, 0) is 38.0 Å². The summed E-state index contributed by atoms with van der Waals surface area (Å²) in [5, 5.41) is 17.9. The van der Waals surface area contributed by atoms with E-state index >= 15 is 0 Å². The Morgan fingerprint density at radius 1 is 1.00 bits per heavy atom. The fraction of sp³-hybridized carbons (Fsp3) is 0.762. The standard InChI is InChI=1S/C17H28N4O.2C2HF3O2/c1-6-20(11-14-2-3-14)12-17-16(19-13-21(17)7-1)10-18-15-4-8-22-9-5-15;2*3-2(4,5)1(6)7/h13-15,18H,1-12H2;2*(H,6,7). The molecule has 0 bridgehead atoms. The number of carbonyl (C=O) groups is 2. The number of aryl methyl sites for hydroxylation is 1. The van der Waals surface area contributed by atoms with Crippen molar-refractivity contribution in [2.45, 2.75) is 70.1 Å². The highest BCUT2D eigenvalue weighted by molar-refractivity contribution is 5.73. The zero-order valence-electron chi connectivity index (χ0n) is 19.4. The van der Waals surface area contributed by atoms with Crippen LogP contribution < -0.4 is 5.32 Å². The van der Waals surface area contributed by atoms with E-state index in [9.17, 15) is 26.3 Å². The summed E-state index contributed by atoms with van der Waals surface area (Å²) in [4.78, 5) is 25.1. The van der Waals surface area contributed by atoms with Crippen molar-refractivity contribution in [3.05, 3.63) is 17.7 Å². The predicted octanol–water partition coefficient (Wildman–Crippen LogP) is 3.03. The molecule has 1 aromatic rings. The predicted molar refractivity (Wildman–Crippen MR) is 113 cm³/mol. The van der Waals surface area contributed by atoms with Crippen LogP contribution >= 0.6 is 0 Å². The van der Waals surface area contributed by atoms with Gasteiger partial charge in [-0.2, -0.15) is 26.3 Å². The van der Waals surface area contributed by atoms with E-state index in [4.69, 9.17) is 29.5 Å². The lowest BCUT2D eigenvalue weighted by Gasteiger charge is -2.23. The highest BCUT2D eigenvalue weighted by Gasteiger charge is 2.38. The van der Waals surface area contributed by atoms with Crippen molar-refractivity contribution in [3.63, 3.8) is 0 Å². The van der Waals surface area contributed by atoms with Crippen LogP contribution in [0.15, 0.2) is 6.33 Å². The Morgan fingerprint density at radius 3 is 2.06 bits per heavy atom. The largest absolute Gasteiger partial charge is 0.490 e. The molecule has 1 saturated carbocycles. The first-order chi connectivity index (χ1) is 16.8. The zero-order valence-corrected chi connectivity index (χ0v) is 19.4. The van der Waals surface area contributed by atoms with Gasteiger partial charge in [-0.1, -0.05) is 0 Å². The molecule has 3 N–H and O–H groups in total. The molecule has 0 atom stereocenters.